The first-order valence-corrected chi connectivity index (χ1v) is 6.57. The molecule has 8 heteroatoms. The molecular formula is C15H9ClF6O. The summed E-state index contributed by atoms with van der Waals surface area (Å²) in [5.74, 6) is -7.04. The van der Waals surface area contributed by atoms with E-state index in [0.717, 1.165) is 36.4 Å². The van der Waals surface area contributed by atoms with Gasteiger partial charge in [0.1, 0.15) is 5.82 Å². The number of rotatable bonds is 3. The second-order valence-corrected chi connectivity index (χ2v) is 5.21. The summed E-state index contributed by atoms with van der Waals surface area (Å²) in [6.07, 6.45) is -6.11. The molecule has 1 N–H and O–H groups in total. The minimum absolute atomic E-state index is 0.0555. The summed E-state index contributed by atoms with van der Waals surface area (Å²) in [5, 5.41) is 10.4. The fourth-order valence-electron chi connectivity index (χ4n) is 2.16. The van der Waals surface area contributed by atoms with Crippen molar-refractivity contribution in [3.63, 3.8) is 0 Å². The van der Waals surface area contributed by atoms with Crippen molar-refractivity contribution in [2.24, 2.45) is 0 Å². The molecule has 2 aromatic rings. The van der Waals surface area contributed by atoms with Crippen LogP contribution >= 0.6 is 11.6 Å². The van der Waals surface area contributed by atoms with Crippen molar-refractivity contribution in [1.29, 1.82) is 0 Å². The third-order valence-electron chi connectivity index (χ3n) is 3.34. The molecule has 0 heterocycles. The molecule has 23 heavy (non-hydrogen) atoms. The van der Waals surface area contributed by atoms with E-state index in [1.54, 1.807) is 0 Å². The van der Waals surface area contributed by atoms with Gasteiger partial charge < -0.3 is 5.11 Å². The molecule has 0 saturated carbocycles. The van der Waals surface area contributed by atoms with Crippen LogP contribution in [0.1, 0.15) is 11.1 Å². The molecule has 0 spiro atoms. The van der Waals surface area contributed by atoms with Gasteiger partial charge in [-0.25, -0.2) is 4.39 Å². The zero-order chi connectivity index (χ0) is 17.5. The van der Waals surface area contributed by atoms with Crippen LogP contribution in [0.3, 0.4) is 0 Å². The summed E-state index contributed by atoms with van der Waals surface area (Å²) >= 11 is 5.58. The lowest BCUT2D eigenvalue weighted by atomic mass is 9.80. The minimum Gasteiger partial charge on any atom is -0.374 e. The number of benzene rings is 2. The normalized spacial score (nSPS) is 15.3. The van der Waals surface area contributed by atoms with E-state index in [1.807, 2.05) is 0 Å². The lowest BCUT2D eigenvalue weighted by molar-refractivity contribution is -0.337. The molecule has 0 saturated heterocycles. The lowest BCUT2D eigenvalue weighted by Gasteiger charge is -2.37. The number of aliphatic hydroxyl groups is 1. The van der Waals surface area contributed by atoms with Crippen LogP contribution in [0, 0.1) is 5.82 Å². The van der Waals surface area contributed by atoms with Crippen molar-refractivity contribution in [3.05, 3.63) is 70.5 Å². The van der Waals surface area contributed by atoms with Gasteiger partial charge in [0, 0.05) is 10.6 Å². The Morgan fingerprint density at radius 1 is 0.826 bits per heavy atom. The second kappa shape index (κ2) is 5.72. The highest BCUT2D eigenvalue weighted by molar-refractivity contribution is 6.30. The van der Waals surface area contributed by atoms with Crippen molar-refractivity contribution in [1.82, 2.24) is 0 Å². The maximum Gasteiger partial charge on any atom is 0.457 e. The molecule has 1 nitrogen and oxygen atoms in total. The van der Waals surface area contributed by atoms with E-state index in [9.17, 15) is 31.4 Å². The Labute approximate surface area is 132 Å². The number of alkyl halides is 5. The maximum absolute atomic E-state index is 14.1. The second-order valence-electron chi connectivity index (χ2n) is 4.77. The quantitative estimate of drug-likeness (QED) is 0.776. The monoisotopic (exact) mass is 354 g/mol. The van der Waals surface area contributed by atoms with Crippen LogP contribution in [0.2, 0.25) is 5.02 Å². The van der Waals surface area contributed by atoms with Crippen LogP contribution in [0.15, 0.2) is 48.5 Å². The van der Waals surface area contributed by atoms with E-state index >= 15 is 0 Å². The van der Waals surface area contributed by atoms with Gasteiger partial charge in [0.15, 0.2) is 5.60 Å². The zero-order valence-corrected chi connectivity index (χ0v) is 12.0. The van der Waals surface area contributed by atoms with Crippen LogP contribution in [0.25, 0.3) is 0 Å². The van der Waals surface area contributed by atoms with Gasteiger partial charge in [0.25, 0.3) is 0 Å². The first-order valence-electron chi connectivity index (χ1n) is 6.20. The Morgan fingerprint density at radius 2 is 1.35 bits per heavy atom. The standard InChI is InChI=1S/C15H9ClF6O/c16-10-7-5-9(6-8-10)13(23,14(18,19)15(20,21)22)11-3-1-2-4-12(11)17/h1-8,23H. The Hall–Kier alpha value is -1.73. The van der Waals surface area contributed by atoms with Gasteiger partial charge in [0.05, 0.1) is 0 Å². The van der Waals surface area contributed by atoms with Gasteiger partial charge in [-0.1, -0.05) is 41.9 Å². The highest BCUT2D eigenvalue weighted by Gasteiger charge is 2.71. The van der Waals surface area contributed by atoms with Crippen LogP contribution in [0.5, 0.6) is 0 Å². The lowest BCUT2D eigenvalue weighted by Crippen LogP contribution is -2.56. The topological polar surface area (TPSA) is 20.2 Å². The Bertz CT molecular complexity index is 698. The highest BCUT2D eigenvalue weighted by Crippen LogP contribution is 2.52. The third-order valence-corrected chi connectivity index (χ3v) is 3.59. The average Bonchev–Trinajstić information content (AvgIpc) is 2.46. The molecule has 2 rings (SSSR count). The van der Waals surface area contributed by atoms with Gasteiger partial charge in [-0.3, -0.25) is 0 Å². The smallest absolute Gasteiger partial charge is 0.374 e. The minimum atomic E-state index is -6.11. The van der Waals surface area contributed by atoms with E-state index in [0.29, 0.717) is 12.1 Å². The SMILES string of the molecule is OC(c1ccc(Cl)cc1)(c1ccccc1F)C(F)(F)C(F)(F)F. The molecule has 0 amide bonds. The Kier molecular flexibility index (Phi) is 4.38. The van der Waals surface area contributed by atoms with E-state index in [-0.39, 0.29) is 5.02 Å². The molecule has 2 aromatic carbocycles. The number of halogens is 7. The van der Waals surface area contributed by atoms with E-state index in [2.05, 4.69) is 0 Å². The molecule has 124 valence electrons. The van der Waals surface area contributed by atoms with Crippen LogP contribution in [-0.2, 0) is 5.60 Å². The van der Waals surface area contributed by atoms with E-state index < -0.39 is 34.6 Å². The third kappa shape index (κ3) is 2.79. The van der Waals surface area contributed by atoms with Crippen LogP contribution < -0.4 is 0 Å². The molecule has 0 aliphatic carbocycles. The molecular weight excluding hydrogens is 346 g/mol. The highest BCUT2D eigenvalue weighted by atomic mass is 35.5. The summed E-state index contributed by atoms with van der Waals surface area (Å²) in [6, 6.07) is 7.12. The average molecular weight is 355 g/mol. The van der Waals surface area contributed by atoms with Crippen molar-refractivity contribution in [2.45, 2.75) is 17.7 Å². The first-order chi connectivity index (χ1) is 10.5. The molecule has 0 radical (unpaired) electrons. The van der Waals surface area contributed by atoms with Gasteiger partial charge in [-0.2, -0.15) is 22.0 Å². The van der Waals surface area contributed by atoms with Crippen molar-refractivity contribution in [2.75, 3.05) is 0 Å². The van der Waals surface area contributed by atoms with Crippen molar-refractivity contribution >= 4 is 11.6 Å². The maximum atomic E-state index is 14.1. The molecule has 0 aliphatic rings. The summed E-state index contributed by atoms with van der Waals surface area (Å²) in [6.45, 7) is 0. The summed E-state index contributed by atoms with van der Waals surface area (Å²) < 4.78 is 80.6. The predicted octanol–water partition coefficient (Wildman–Crippen LogP) is 4.91. The molecule has 0 aromatic heterocycles. The molecule has 0 bridgehead atoms. The fourth-order valence-corrected chi connectivity index (χ4v) is 2.28. The van der Waals surface area contributed by atoms with Crippen LogP contribution in [0.4, 0.5) is 26.3 Å². The first kappa shape index (κ1) is 17.6. The predicted molar refractivity (Wildman–Crippen MR) is 71.9 cm³/mol. The van der Waals surface area contributed by atoms with Crippen LogP contribution in [-0.4, -0.2) is 17.2 Å². The molecule has 1 atom stereocenters. The Morgan fingerprint density at radius 3 is 1.83 bits per heavy atom. The van der Waals surface area contributed by atoms with Gasteiger partial charge >= 0.3 is 12.1 Å². The van der Waals surface area contributed by atoms with Crippen molar-refractivity contribution < 1.29 is 31.4 Å². The largest absolute Gasteiger partial charge is 0.457 e. The zero-order valence-electron chi connectivity index (χ0n) is 11.2. The van der Waals surface area contributed by atoms with Crippen molar-refractivity contribution in [3.8, 4) is 0 Å². The Balaban J connectivity index is 2.80. The summed E-state index contributed by atoms with van der Waals surface area (Å²) in [7, 11) is 0. The van der Waals surface area contributed by atoms with E-state index in [1.165, 1.54) is 0 Å². The summed E-state index contributed by atoms with van der Waals surface area (Å²) in [5.41, 5.74) is -5.97. The number of hydrogen-bond donors (Lipinski definition) is 1. The fraction of sp³-hybridized carbons (Fsp3) is 0.200. The molecule has 0 fully saturated rings. The van der Waals surface area contributed by atoms with Gasteiger partial charge in [-0.15, -0.1) is 0 Å². The summed E-state index contributed by atoms with van der Waals surface area (Å²) in [4.78, 5) is 0. The molecule has 0 aliphatic heterocycles. The van der Waals surface area contributed by atoms with Gasteiger partial charge in [-0.05, 0) is 23.8 Å². The van der Waals surface area contributed by atoms with E-state index in [4.69, 9.17) is 11.6 Å². The van der Waals surface area contributed by atoms with Gasteiger partial charge in [0.2, 0.25) is 0 Å². The molecule has 1 unspecified atom stereocenters. The number of hydrogen-bond acceptors (Lipinski definition) is 1.